The van der Waals surface area contributed by atoms with Crippen molar-refractivity contribution >= 4 is 88.9 Å². The number of carbonyl (C=O) groups excluding carboxylic acids is 10. The SMILES string of the molecule is CC(C)C[C@H](NC(=O)[C@H](CC(N)=O)NC(=O)[C@@H](NC(=O)[C@H](CCCNC(=N)N)NC(=O)[C@H](CC(N)=O)NC(=O)[C@H](CCCNC(=N)N)NC(=O)[C@H](CC(=O)O)NC(=O)[C@H](CCC(=O)O)NC(=O)[C@@H]1CCCN1)C(C)C)C(=O)O. The summed E-state index contributed by atoms with van der Waals surface area (Å²) in [5, 5.41) is 70.1. The van der Waals surface area contributed by atoms with Crippen LogP contribution in [0.5, 0.6) is 0 Å². The number of rotatable bonds is 37. The van der Waals surface area contributed by atoms with Crippen LogP contribution in [0.25, 0.3) is 0 Å². The number of aliphatic carboxylic acids is 3. The highest BCUT2D eigenvalue weighted by atomic mass is 16.4. The molecule has 0 spiro atoms. The molecule has 1 heterocycles. The lowest BCUT2D eigenvalue weighted by Crippen LogP contribution is -2.61. The zero-order valence-electron chi connectivity index (χ0n) is 43.9. The highest BCUT2D eigenvalue weighted by Gasteiger charge is 2.37. The molecule has 24 N–H and O–H groups in total. The summed E-state index contributed by atoms with van der Waals surface area (Å²) in [5.74, 6) is -17.2. The summed E-state index contributed by atoms with van der Waals surface area (Å²) in [6.45, 7) is 6.73. The third kappa shape index (κ3) is 26.9. The number of carboxylic acid groups (broad SMARTS) is 3. The van der Waals surface area contributed by atoms with Crippen molar-refractivity contribution in [2.24, 2.45) is 34.8 Å². The Bertz CT molecular complexity index is 2190. The van der Waals surface area contributed by atoms with E-state index in [1.54, 1.807) is 13.8 Å². The molecule has 0 unspecified atom stereocenters. The summed E-state index contributed by atoms with van der Waals surface area (Å²) in [7, 11) is 0. The second kappa shape index (κ2) is 34.3. The zero-order chi connectivity index (χ0) is 59.4. The lowest BCUT2D eigenvalue weighted by Gasteiger charge is -2.29. The summed E-state index contributed by atoms with van der Waals surface area (Å²) in [6.07, 6.45) is -3.61. The molecule has 10 amide bonds. The van der Waals surface area contributed by atoms with Crippen molar-refractivity contribution in [3.05, 3.63) is 0 Å². The smallest absolute Gasteiger partial charge is 0.326 e. The first-order valence-corrected chi connectivity index (χ1v) is 25.0. The number of carbonyl (C=O) groups is 13. The van der Waals surface area contributed by atoms with E-state index < -0.39 is 181 Å². The predicted molar refractivity (Wildman–Crippen MR) is 273 cm³/mol. The number of amides is 10. The summed E-state index contributed by atoms with van der Waals surface area (Å²) >= 11 is 0. The molecular formula is C45H77N17O16. The largest absolute Gasteiger partial charge is 0.481 e. The van der Waals surface area contributed by atoms with Crippen LogP contribution in [0.2, 0.25) is 0 Å². The molecule has 0 saturated carbocycles. The third-order valence-electron chi connectivity index (χ3n) is 11.5. The molecule has 33 nitrogen and oxygen atoms in total. The topological polar surface area (TPSA) is 567 Å². The summed E-state index contributed by atoms with van der Waals surface area (Å²) in [4.78, 5) is 169. The van der Waals surface area contributed by atoms with Crippen molar-refractivity contribution in [3.63, 3.8) is 0 Å². The second-order valence-electron chi connectivity index (χ2n) is 19.1. The van der Waals surface area contributed by atoms with Gasteiger partial charge in [-0.1, -0.05) is 27.7 Å². The van der Waals surface area contributed by atoms with Crippen LogP contribution < -0.4 is 81.4 Å². The minimum absolute atomic E-state index is 0.00777. The fourth-order valence-electron chi connectivity index (χ4n) is 7.62. The van der Waals surface area contributed by atoms with Gasteiger partial charge in [-0.2, -0.15) is 0 Å². The van der Waals surface area contributed by atoms with Gasteiger partial charge in [-0.3, -0.25) is 68.4 Å². The molecule has 1 rings (SSSR count). The molecule has 0 aromatic rings. The van der Waals surface area contributed by atoms with E-state index >= 15 is 0 Å². The minimum atomic E-state index is -1.97. The Morgan fingerprint density at radius 1 is 0.513 bits per heavy atom. The van der Waals surface area contributed by atoms with Crippen LogP contribution in [0.1, 0.15) is 105 Å². The van der Waals surface area contributed by atoms with Gasteiger partial charge in [0.05, 0.1) is 25.3 Å². The first kappa shape index (κ1) is 67.6. The Morgan fingerprint density at radius 2 is 0.910 bits per heavy atom. The normalized spacial score (nSPS) is 15.9. The van der Waals surface area contributed by atoms with Crippen LogP contribution in [0, 0.1) is 22.7 Å². The number of primary amides is 2. The fourth-order valence-corrected chi connectivity index (χ4v) is 7.62. The molecule has 1 aliphatic heterocycles. The minimum Gasteiger partial charge on any atom is -0.481 e. The van der Waals surface area contributed by atoms with Gasteiger partial charge in [0.15, 0.2) is 11.9 Å². The van der Waals surface area contributed by atoms with Gasteiger partial charge in [-0.05, 0) is 69.7 Å². The molecule has 78 heavy (non-hydrogen) atoms. The van der Waals surface area contributed by atoms with Gasteiger partial charge in [0, 0.05) is 19.5 Å². The van der Waals surface area contributed by atoms with E-state index in [2.05, 4.69) is 58.5 Å². The molecule has 1 fully saturated rings. The summed E-state index contributed by atoms with van der Waals surface area (Å²) in [6, 6.07) is -14.2. The highest BCUT2D eigenvalue weighted by molar-refractivity contribution is 6.00. The van der Waals surface area contributed by atoms with E-state index in [1.807, 2.05) is 0 Å². The Hall–Kier alpha value is -8.39. The van der Waals surface area contributed by atoms with Gasteiger partial charge in [0.25, 0.3) is 0 Å². The Balaban J connectivity index is 3.59. The first-order valence-electron chi connectivity index (χ1n) is 25.0. The van der Waals surface area contributed by atoms with Crippen LogP contribution in [-0.4, -0.2) is 178 Å². The molecule has 1 aliphatic rings. The molecule has 9 atom stereocenters. The van der Waals surface area contributed by atoms with Crippen LogP contribution >= 0.6 is 0 Å². The van der Waals surface area contributed by atoms with Gasteiger partial charge in [-0.25, -0.2) is 4.79 Å². The maximum absolute atomic E-state index is 14.1. The van der Waals surface area contributed by atoms with Gasteiger partial charge >= 0.3 is 17.9 Å². The van der Waals surface area contributed by atoms with Crippen LogP contribution in [0.15, 0.2) is 0 Å². The molecular weight excluding hydrogens is 1030 g/mol. The Labute approximate surface area is 448 Å². The number of guanidine groups is 2. The maximum atomic E-state index is 14.1. The molecule has 0 aromatic heterocycles. The first-order chi connectivity index (χ1) is 36.4. The van der Waals surface area contributed by atoms with Crippen LogP contribution in [-0.2, 0) is 62.3 Å². The Morgan fingerprint density at radius 3 is 1.28 bits per heavy atom. The molecule has 0 aliphatic carbocycles. The zero-order valence-corrected chi connectivity index (χ0v) is 43.9. The standard InChI is InChI=1S/C45H77N17O16/c1-20(2)16-29(43(77)78)61-40(74)27(18-31(47)64)60-42(76)34(21(3)4)62-38(72)24(10-7-15-54-45(50)51)56-39(73)26(17-30(46)63)58-36(70)23(9-6-14-53-44(48)49)55-41(75)28(19-33(67)68)59-37(71)25(11-12-32(65)66)57-35(69)22-8-5-13-52-22/h20-29,34,52H,5-19H2,1-4H3,(H2,46,63)(H2,47,64)(H,55,75)(H,56,73)(H,57,69)(H,58,70)(H,59,71)(H,60,76)(H,61,74)(H,62,72)(H,65,66)(H,67,68)(H,77,78)(H4,48,49,53)(H4,50,51,54)/t22-,23-,24-,25-,26-,27-,28-,29-,34-/m0/s1. The number of carboxylic acids is 3. The van der Waals surface area contributed by atoms with Gasteiger partial charge < -0.3 is 96.7 Å². The second-order valence-corrected chi connectivity index (χ2v) is 19.1. The number of nitrogens with two attached hydrogens (primary N) is 4. The predicted octanol–water partition coefficient (Wildman–Crippen LogP) is -6.98. The fraction of sp³-hybridized carbons (Fsp3) is 0.667. The molecule has 438 valence electrons. The highest BCUT2D eigenvalue weighted by Crippen LogP contribution is 2.12. The van der Waals surface area contributed by atoms with E-state index in [0.29, 0.717) is 19.4 Å². The maximum Gasteiger partial charge on any atom is 0.326 e. The van der Waals surface area contributed by atoms with Crippen LogP contribution in [0.4, 0.5) is 0 Å². The number of hydrogen-bond acceptors (Lipinski definition) is 16. The number of nitrogens with one attached hydrogen (secondary N) is 13. The quantitative estimate of drug-likeness (QED) is 0.0156. The summed E-state index contributed by atoms with van der Waals surface area (Å²) < 4.78 is 0. The van der Waals surface area contributed by atoms with Crippen molar-refractivity contribution in [3.8, 4) is 0 Å². The molecule has 1 saturated heterocycles. The molecule has 0 radical (unpaired) electrons. The van der Waals surface area contributed by atoms with Crippen molar-refractivity contribution in [1.29, 1.82) is 10.8 Å². The van der Waals surface area contributed by atoms with Crippen molar-refractivity contribution < 1.29 is 77.6 Å². The van der Waals surface area contributed by atoms with Gasteiger partial charge in [0.2, 0.25) is 59.1 Å². The van der Waals surface area contributed by atoms with Gasteiger partial charge in [0.1, 0.15) is 48.3 Å². The lowest BCUT2D eigenvalue weighted by atomic mass is 10.0. The Kier molecular flexibility index (Phi) is 29.7. The number of hydrogen-bond donors (Lipinski definition) is 20. The molecule has 33 heteroatoms. The average molecular weight is 1110 g/mol. The van der Waals surface area contributed by atoms with Gasteiger partial charge in [-0.15, -0.1) is 0 Å². The molecule has 0 bridgehead atoms. The third-order valence-corrected chi connectivity index (χ3v) is 11.5. The van der Waals surface area contributed by atoms with E-state index in [0.717, 1.165) is 0 Å². The van der Waals surface area contributed by atoms with Crippen molar-refractivity contribution in [2.75, 3.05) is 19.6 Å². The monoisotopic (exact) mass is 1110 g/mol. The van der Waals surface area contributed by atoms with Crippen molar-refractivity contribution in [1.82, 2.24) is 58.5 Å². The van der Waals surface area contributed by atoms with E-state index in [9.17, 15) is 77.6 Å². The summed E-state index contributed by atoms with van der Waals surface area (Å²) in [5.41, 5.74) is 21.6. The van der Waals surface area contributed by atoms with E-state index in [4.69, 9.17) is 33.8 Å². The molecule has 0 aromatic carbocycles. The van der Waals surface area contributed by atoms with E-state index in [1.165, 1.54) is 13.8 Å². The van der Waals surface area contributed by atoms with E-state index in [-0.39, 0.29) is 51.1 Å². The average Bonchev–Trinajstić information content (AvgIpc) is 3.87. The lowest BCUT2D eigenvalue weighted by molar-refractivity contribution is -0.143. The van der Waals surface area contributed by atoms with Crippen molar-refractivity contribution in [2.45, 2.75) is 159 Å². The van der Waals surface area contributed by atoms with Crippen LogP contribution in [0.3, 0.4) is 0 Å².